The van der Waals surface area contributed by atoms with Crippen molar-refractivity contribution in [1.82, 2.24) is 0 Å². The summed E-state index contributed by atoms with van der Waals surface area (Å²) in [5.41, 5.74) is -4.57. The van der Waals surface area contributed by atoms with Gasteiger partial charge in [0.2, 0.25) is 0 Å². The van der Waals surface area contributed by atoms with Gasteiger partial charge in [0.1, 0.15) is 11.2 Å². The number of hydrogen-bond acceptors (Lipinski definition) is 7. The highest BCUT2D eigenvalue weighted by molar-refractivity contribution is 6.04. The molecular formula is C35H58O8. The summed E-state index contributed by atoms with van der Waals surface area (Å²) in [6.45, 7) is 10.8. The van der Waals surface area contributed by atoms with Crippen LogP contribution in [0.25, 0.3) is 0 Å². The first kappa shape index (κ1) is 35.9. The Morgan fingerprint density at radius 1 is 0.977 bits per heavy atom. The normalized spacial score (nSPS) is 37.9. The number of carboxylic acid groups (broad SMARTS) is 1. The molecule has 0 aromatic carbocycles. The molecule has 2 fully saturated rings. The second-order valence-electron chi connectivity index (χ2n) is 14.5. The molecule has 0 aromatic rings. The first-order valence-electron chi connectivity index (χ1n) is 16.7. The third-order valence-corrected chi connectivity index (χ3v) is 11.5. The highest BCUT2D eigenvalue weighted by Gasteiger charge is 2.84. The molecule has 0 amide bonds. The molecule has 0 bridgehead atoms. The van der Waals surface area contributed by atoms with Gasteiger partial charge in [0.15, 0.2) is 5.78 Å². The number of aliphatic carboxylic acids is 1. The van der Waals surface area contributed by atoms with E-state index >= 15 is 0 Å². The Morgan fingerprint density at radius 3 is 2.05 bits per heavy atom. The summed E-state index contributed by atoms with van der Waals surface area (Å²) in [7, 11) is 0. The van der Waals surface area contributed by atoms with Gasteiger partial charge in [-0.25, -0.2) is 0 Å². The lowest BCUT2D eigenvalue weighted by molar-refractivity contribution is -0.209. The lowest BCUT2D eigenvalue weighted by atomic mass is 9.59. The smallest absolute Gasteiger partial charge is 0.306 e. The molecule has 8 heteroatoms. The van der Waals surface area contributed by atoms with Crippen LogP contribution < -0.4 is 0 Å². The molecule has 4 aliphatic carbocycles. The fourth-order valence-corrected chi connectivity index (χ4v) is 8.65. The zero-order chi connectivity index (χ0) is 32.4. The number of rotatable bonds is 13. The molecule has 0 aliphatic heterocycles. The van der Waals surface area contributed by atoms with Crippen LogP contribution in [0.3, 0.4) is 0 Å². The van der Waals surface area contributed by atoms with Gasteiger partial charge in [0.25, 0.3) is 0 Å². The highest BCUT2D eigenvalue weighted by Crippen LogP contribution is 2.74. The van der Waals surface area contributed by atoms with Crippen molar-refractivity contribution >= 4 is 11.8 Å². The van der Waals surface area contributed by atoms with E-state index < -0.39 is 63.7 Å². The molecule has 1 unspecified atom stereocenters. The first-order valence-corrected chi connectivity index (χ1v) is 16.7. The van der Waals surface area contributed by atoms with E-state index in [0.29, 0.717) is 11.1 Å². The van der Waals surface area contributed by atoms with Gasteiger partial charge in [-0.1, -0.05) is 105 Å². The van der Waals surface area contributed by atoms with Crippen molar-refractivity contribution in [3.05, 3.63) is 23.3 Å². The van der Waals surface area contributed by atoms with Crippen molar-refractivity contribution in [3.8, 4) is 0 Å². The van der Waals surface area contributed by atoms with Crippen molar-refractivity contribution in [3.63, 3.8) is 0 Å². The van der Waals surface area contributed by atoms with Gasteiger partial charge in [-0.05, 0) is 30.9 Å². The van der Waals surface area contributed by atoms with E-state index in [1.54, 1.807) is 26.0 Å². The fraction of sp³-hybridized carbons (Fsp3) is 0.829. The Morgan fingerprint density at radius 2 is 1.53 bits per heavy atom. The number of carbonyl (C=O) groups is 2. The Bertz CT molecular complexity index is 1060. The standard InChI is InChI=1S/C20H28O6.C15H30O2/c1-9-5-13-18(24,15(9)22)7-11(8-21)6-12-14-17(3,4)20(14,26)16(23)10(2)19(12,13)25;1-3-5-6-7-8-9-10-11-12-13-14(4-2)15(16)17/h5-6,10,12-14,16,21,23-26H,7-8H2,1-4H3;14H,3-13H2,1-2H3,(H,16,17)/t10-,12+,13-,14-,16-,18+,19+,20+;/m1./s1. The van der Waals surface area contributed by atoms with Crippen LogP contribution in [-0.4, -0.2) is 71.9 Å². The van der Waals surface area contributed by atoms with Crippen LogP contribution >= 0.6 is 0 Å². The van der Waals surface area contributed by atoms with Crippen molar-refractivity contribution in [2.75, 3.05) is 6.61 Å². The molecule has 0 heterocycles. The van der Waals surface area contributed by atoms with Crippen LogP contribution in [0, 0.1) is 35.0 Å². The van der Waals surface area contributed by atoms with Crippen LogP contribution in [0.15, 0.2) is 23.3 Å². The number of aliphatic hydroxyl groups is 5. The van der Waals surface area contributed by atoms with Gasteiger partial charge in [0.05, 0.1) is 24.2 Å². The van der Waals surface area contributed by atoms with Gasteiger partial charge in [0, 0.05) is 35.5 Å². The largest absolute Gasteiger partial charge is 0.481 e. The van der Waals surface area contributed by atoms with Gasteiger partial charge < -0.3 is 30.6 Å². The lowest BCUT2D eigenvalue weighted by Crippen LogP contribution is -2.65. The Balaban J connectivity index is 0.000000261. The van der Waals surface area contributed by atoms with Gasteiger partial charge in [-0.2, -0.15) is 0 Å². The predicted molar refractivity (Wildman–Crippen MR) is 166 cm³/mol. The van der Waals surface area contributed by atoms with E-state index in [9.17, 15) is 35.1 Å². The predicted octanol–water partition coefficient (Wildman–Crippen LogP) is 4.95. The van der Waals surface area contributed by atoms with E-state index in [4.69, 9.17) is 5.11 Å². The quantitative estimate of drug-likeness (QED) is 0.127. The molecule has 246 valence electrons. The Hall–Kier alpha value is -1.58. The van der Waals surface area contributed by atoms with Gasteiger partial charge in [-0.3, -0.25) is 9.59 Å². The number of ketones is 1. The molecule has 43 heavy (non-hydrogen) atoms. The van der Waals surface area contributed by atoms with Crippen molar-refractivity contribution in [2.45, 2.75) is 141 Å². The minimum atomic E-state index is -1.84. The third kappa shape index (κ3) is 6.29. The van der Waals surface area contributed by atoms with E-state index in [1.807, 2.05) is 20.8 Å². The summed E-state index contributed by atoms with van der Waals surface area (Å²) >= 11 is 0. The minimum absolute atomic E-state index is 0.0615. The summed E-state index contributed by atoms with van der Waals surface area (Å²) in [6, 6.07) is 0. The summed E-state index contributed by atoms with van der Waals surface area (Å²) in [6.07, 6.45) is 15.4. The van der Waals surface area contributed by atoms with Crippen molar-refractivity contribution in [2.24, 2.45) is 35.0 Å². The summed E-state index contributed by atoms with van der Waals surface area (Å²) < 4.78 is 0. The molecule has 4 rings (SSSR count). The third-order valence-electron chi connectivity index (χ3n) is 11.5. The van der Waals surface area contributed by atoms with E-state index in [-0.39, 0.29) is 18.9 Å². The van der Waals surface area contributed by atoms with E-state index in [0.717, 1.165) is 19.3 Å². The zero-order valence-corrected chi connectivity index (χ0v) is 27.3. The monoisotopic (exact) mass is 606 g/mol. The Kier molecular flexibility index (Phi) is 11.5. The second kappa shape index (κ2) is 13.8. The second-order valence-corrected chi connectivity index (χ2v) is 14.5. The van der Waals surface area contributed by atoms with Crippen molar-refractivity contribution < 1.29 is 40.2 Å². The van der Waals surface area contributed by atoms with Crippen LogP contribution in [0.5, 0.6) is 0 Å². The summed E-state index contributed by atoms with van der Waals surface area (Å²) in [5.74, 6) is -3.87. The highest BCUT2D eigenvalue weighted by atomic mass is 16.4. The lowest BCUT2D eigenvalue weighted by Gasteiger charge is -2.51. The topological polar surface area (TPSA) is 156 Å². The number of Topliss-reactive ketones (excluding diaryl/α,β-unsaturated/α-hetero) is 1. The molecule has 0 aromatic heterocycles. The number of fused-ring (bicyclic) bond motifs is 5. The zero-order valence-electron chi connectivity index (χ0n) is 27.3. The molecular weight excluding hydrogens is 548 g/mol. The van der Waals surface area contributed by atoms with Gasteiger partial charge >= 0.3 is 5.97 Å². The fourth-order valence-electron chi connectivity index (χ4n) is 8.65. The van der Waals surface area contributed by atoms with E-state index in [2.05, 4.69) is 6.92 Å². The number of carbonyl (C=O) groups excluding carboxylic acids is 1. The molecule has 8 nitrogen and oxygen atoms in total. The van der Waals surface area contributed by atoms with Gasteiger partial charge in [-0.15, -0.1) is 0 Å². The molecule has 4 aliphatic rings. The maximum Gasteiger partial charge on any atom is 0.306 e. The Labute approximate surface area is 258 Å². The van der Waals surface area contributed by atoms with Crippen LogP contribution in [0.1, 0.15) is 119 Å². The van der Waals surface area contributed by atoms with Crippen LogP contribution in [0.4, 0.5) is 0 Å². The minimum Gasteiger partial charge on any atom is -0.481 e. The summed E-state index contributed by atoms with van der Waals surface area (Å²) in [4.78, 5) is 23.5. The summed E-state index contributed by atoms with van der Waals surface area (Å²) in [5, 5.41) is 63.8. The number of unbranched alkanes of at least 4 members (excludes halogenated alkanes) is 8. The molecule has 6 N–H and O–H groups in total. The maximum absolute atomic E-state index is 12.7. The molecule has 0 radical (unpaired) electrons. The molecule has 9 atom stereocenters. The number of aliphatic hydroxyl groups excluding tert-OH is 2. The van der Waals surface area contributed by atoms with E-state index in [1.165, 1.54) is 51.4 Å². The van der Waals surface area contributed by atoms with Crippen LogP contribution in [0.2, 0.25) is 0 Å². The molecule has 0 spiro atoms. The molecule has 0 saturated heterocycles. The first-order chi connectivity index (χ1) is 20.1. The number of carboxylic acids is 1. The average molecular weight is 607 g/mol. The van der Waals surface area contributed by atoms with Crippen molar-refractivity contribution in [1.29, 1.82) is 0 Å². The maximum atomic E-state index is 12.7. The number of hydrogen-bond donors (Lipinski definition) is 6. The SMILES string of the molecule is CC1=C[C@H]2[C@]3(O)[C@H](C)[C@@H](O)[C@@]4(O)[C@H]([C@@H]3C=C(CO)C[C@@]2(O)C1=O)C4(C)C.CCCCCCCCCCCC(CC)C(=O)O. The average Bonchev–Trinajstić information content (AvgIpc) is 3.36. The molecule has 2 saturated carbocycles. The van der Waals surface area contributed by atoms with Crippen LogP contribution in [-0.2, 0) is 9.59 Å².